The Hall–Kier alpha value is -3.39. The van der Waals surface area contributed by atoms with Crippen LogP contribution < -0.4 is 0 Å². The number of nitriles is 1. The first-order valence-corrected chi connectivity index (χ1v) is 6.56. The molecule has 0 atom stereocenters. The molecule has 0 fully saturated rings. The zero-order chi connectivity index (χ0) is 15.5. The molecule has 0 bridgehead atoms. The van der Waals surface area contributed by atoms with E-state index >= 15 is 0 Å². The quantitative estimate of drug-likeness (QED) is 0.774. The summed E-state index contributed by atoms with van der Waals surface area (Å²) >= 11 is 0. The molecule has 0 aliphatic carbocycles. The fraction of sp³-hybridized carbons (Fsp3) is 0. The molecule has 0 unspecified atom stereocenters. The number of nitrogens with zero attached hydrogens (tertiary/aromatic N) is 2. The van der Waals surface area contributed by atoms with Crippen molar-refractivity contribution < 1.29 is 9.90 Å². The van der Waals surface area contributed by atoms with Gasteiger partial charge in [0, 0.05) is 29.2 Å². The van der Waals surface area contributed by atoms with Crippen LogP contribution in [0, 0.1) is 11.3 Å². The highest BCUT2D eigenvalue weighted by Gasteiger charge is 2.17. The van der Waals surface area contributed by atoms with Crippen molar-refractivity contribution in [3.8, 4) is 28.6 Å². The fourth-order valence-electron chi connectivity index (χ4n) is 2.28. The Morgan fingerprint density at radius 3 is 2.59 bits per heavy atom. The third-order valence-corrected chi connectivity index (χ3v) is 3.32. The number of rotatable bonds is 3. The lowest BCUT2D eigenvalue weighted by molar-refractivity contribution is 0.0698. The summed E-state index contributed by atoms with van der Waals surface area (Å²) in [5.41, 5.74) is 3.33. The fourth-order valence-corrected chi connectivity index (χ4v) is 2.28. The summed E-state index contributed by atoms with van der Waals surface area (Å²) in [4.78, 5) is 18.6. The molecule has 5 heteroatoms. The number of aromatic amines is 1. The van der Waals surface area contributed by atoms with Crippen LogP contribution in [0.3, 0.4) is 0 Å². The van der Waals surface area contributed by atoms with Gasteiger partial charge in [-0.15, -0.1) is 0 Å². The Morgan fingerprint density at radius 2 is 1.91 bits per heavy atom. The van der Waals surface area contributed by atoms with Gasteiger partial charge in [-0.3, -0.25) is 4.98 Å². The summed E-state index contributed by atoms with van der Waals surface area (Å²) in [6, 6.07) is 14.1. The molecule has 0 radical (unpaired) electrons. The zero-order valence-electron chi connectivity index (χ0n) is 11.4. The van der Waals surface area contributed by atoms with Gasteiger partial charge >= 0.3 is 5.97 Å². The van der Waals surface area contributed by atoms with Crippen LogP contribution >= 0.6 is 0 Å². The summed E-state index contributed by atoms with van der Waals surface area (Å²) in [5, 5.41) is 18.4. The van der Waals surface area contributed by atoms with Crippen LogP contribution in [0.4, 0.5) is 0 Å². The van der Waals surface area contributed by atoms with Gasteiger partial charge in [0.1, 0.15) is 0 Å². The summed E-state index contributed by atoms with van der Waals surface area (Å²) in [6.45, 7) is 0. The minimum Gasteiger partial charge on any atom is -0.478 e. The molecule has 1 aromatic carbocycles. The Kier molecular flexibility index (Phi) is 3.42. The van der Waals surface area contributed by atoms with E-state index in [0.717, 1.165) is 5.56 Å². The van der Waals surface area contributed by atoms with Gasteiger partial charge in [-0.1, -0.05) is 12.1 Å². The van der Waals surface area contributed by atoms with E-state index < -0.39 is 5.97 Å². The third-order valence-electron chi connectivity index (χ3n) is 3.32. The van der Waals surface area contributed by atoms with Crippen molar-refractivity contribution in [3.63, 3.8) is 0 Å². The highest BCUT2D eigenvalue weighted by molar-refractivity contribution is 5.97. The molecule has 22 heavy (non-hydrogen) atoms. The van der Waals surface area contributed by atoms with Gasteiger partial charge in [0.2, 0.25) is 0 Å². The molecule has 0 saturated carbocycles. The van der Waals surface area contributed by atoms with Crippen LogP contribution in [0.1, 0.15) is 15.9 Å². The van der Waals surface area contributed by atoms with Crippen molar-refractivity contribution >= 4 is 5.97 Å². The molecular formula is C17H11N3O2. The van der Waals surface area contributed by atoms with Gasteiger partial charge in [0.25, 0.3) is 0 Å². The SMILES string of the molecule is N#Cc1cccc(-c2[nH]c(-c3ccncc3)cc2C(=O)O)c1. The van der Waals surface area contributed by atoms with E-state index in [9.17, 15) is 9.90 Å². The van der Waals surface area contributed by atoms with E-state index in [4.69, 9.17) is 5.26 Å². The van der Waals surface area contributed by atoms with Gasteiger partial charge in [-0.05, 0) is 30.3 Å². The highest BCUT2D eigenvalue weighted by atomic mass is 16.4. The van der Waals surface area contributed by atoms with Gasteiger partial charge in [0.15, 0.2) is 0 Å². The molecular weight excluding hydrogens is 278 g/mol. The Morgan fingerprint density at radius 1 is 1.14 bits per heavy atom. The highest BCUT2D eigenvalue weighted by Crippen LogP contribution is 2.29. The van der Waals surface area contributed by atoms with Crippen LogP contribution in [-0.4, -0.2) is 21.0 Å². The molecule has 0 aliphatic rings. The number of aromatic carboxylic acids is 1. The Labute approximate surface area is 126 Å². The average molecular weight is 289 g/mol. The van der Waals surface area contributed by atoms with Crippen LogP contribution in [0.15, 0.2) is 54.9 Å². The molecule has 0 aliphatic heterocycles. The van der Waals surface area contributed by atoms with Gasteiger partial charge in [-0.2, -0.15) is 5.26 Å². The minimum atomic E-state index is -1.02. The first kappa shape index (κ1) is 13.6. The summed E-state index contributed by atoms with van der Waals surface area (Å²) in [7, 11) is 0. The smallest absolute Gasteiger partial charge is 0.337 e. The van der Waals surface area contributed by atoms with Crippen molar-refractivity contribution in [1.82, 2.24) is 9.97 Å². The second kappa shape index (κ2) is 5.54. The van der Waals surface area contributed by atoms with Crippen molar-refractivity contribution in [1.29, 1.82) is 5.26 Å². The van der Waals surface area contributed by atoms with Crippen LogP contribution in [0.5, 0.6) is 0 Å². The molecule has 0 amide bonds. The van der Waals surface area contributed by atoms with Gasteiger partial charge in [0.05, 0.1) is 22.9 Å². The van der Waals surface area contributed by atoms with Crippen LogP contribution in [0.2, 0.25) is 0 Å². The van der Waals surface area contributed by atoms with Gasteiger partial charge < -0.3 is 10.1 Å². The maximum Gasteiger partial charge on any atom is 0.337 e. The van der Waals surface area contributed by atoms with Crippen molar-refractivity contribution in [3.05, 3.63) is 66.0 Å². The summed E-state index contributed by atoms with van der Waals surface area (Å²) < 4.78 is 0. The average Bonchev–Trinajstić information content (AvgIpc) is 3.01. The number of nitrogens with one attached hydrogen (secondary N) is 1. The first-order valence-electron chi connectivity index (χ1n) is 6.56. The number of hydrogen-bond acceptors (Lipinski definition) is 3. The second-order valence-electron chi connectivity index (χ2n) is 4.71. The van der Waals surface area contributed by atoms with E-state index in [1.165, 1.54) is 0 Å². The predicted octanol–water partition coefficient (Wildman–Crippen LogP) is 3.31. The number of carboxylic acids is 1. The van der Waals surface area contributed by atoms with Crippen molar-refractivity contribution in [2.24, 2.45) is 0 Å². The monoisotopic (exact) mass is 289 g/mol. The van der Waals surface area contributed by atoms with Gasteiger partial charge in [-0.25, -0.2) is 4.79 Å². The van der Waals surface area contributed by atoms with Crippen molar-refractivity contribution in [2.75, 3.05) is 0 Å². The largest absolute Gasteiger partial charge is 0.478 e. The number of benzene rings is 1. The third kappa shape index (κ3) is 2.45. The minimum absolute atomic E-state index is 0.168. The standard InChI is InChI=1S/C17H11N3O2/c18-10-11-2-1-3-13(8-11)16-14(17(21)22)9-15(20-16)12-4-6-19-7-5-12/h1-9,20H,(H,21,22). The number of hydrogen-bond donors (Lipinski definition) is 2. The summed E-state index contributed by atoms with van der Waals surface area (Å²) in [5.74, 6) is -1.02. The molecule has 0 saturated heterocycles. The normalized spacial score (nSPS) is 10.1. The topological polar surface area (TPSA) is 89.8 Å². The predicted molar refractivity (Wildman–Crippen MR) is 81.1 cm³/mol. The molecule has 2 aromatic heterocycles. The number of aromatic nitrogens is 2. The van der Waals surface area contributed by atoms with Crippen molar-refractivity contribution in [2.45, 2.75) is 0 Å². The zero-order valence-corrected chi connectivity index (χ0v) is 11.4. The first-order chi connectivity index (χ1) is 10.7. The number of carboxylic acid groups (broad SMARTS) is 1. The van der Waals surface area contributed by atoms with Crippen LogP contribution in [-0.2, 0) is 0 Å². The molecule has 106 valence electrons. The van der Waals surface area contributed by atoms with E-state index in [1.807, 2.05) is 0 Å². The van der Waals surface area contributed by atoms with E-state index in [0.29, 0.717) is 22.5 Å². The lowest BCUT2D eigenvalue weighted by atomic mass is 10.1. The van der Waals surface area contributed by atoms with E-state index in [-0.39, 0.29) is 5.56 Å². The maximum atomic E-state index is 11.5. The molecule has 3 rings (SSSR count). The molecule has 2 heterocycles. The maximum absolute atomic E-state index is 11.5. The number of H-pyrrole nitrogens is 1. The second-order valence-corrected chi connectivity index (χ2v) is 4.71. The Bertz CT molecular complexity index is 876. The Balaban J connectivity index is 2.16. The summed E-state index contributed by atoms with van der Waals surface area (Å²) in [6.07, 6.45) is 3.29. The molecule has 3 aromatic rings. The van der Waals surface area contributed by atoms with E-state index in [2.05, 4.69) is 16.0 Å². The number of carbonyl (C=O) groups is 1. The molecule has 2 N–H and O–H groups in total. The lowest BCUT2D eigenvalue weighted by Crippen LogP contribution is -1.96. The van der Waals surface area contributed by atoms with Crippen LogP contribution in [0.25, 0.3) is 22.5 Å². The van der Waals surface area contributed by atoms with E-state index in [1.54, 1.807) is 54.9 Å². The number of pyridine rings is 1. The molecule has 0 spiro atoms. The lowest BCUT2D eigenvalue weighted by Gasteiger charge is -2.01. The molecule has 5 nitrogen and oxygen atoms in total.